The topological polar surface area (TPSA) is 54.3 Å². The summed E-state index contributed by atoms with van der Waals surface area (Å²) in [6.07, 6.45) is 1.20. The van der Waals surface area contributed by atoms with Gasteiger partial charge in [0.25, 0.3) is 5.91 Å². The van der Waals surface area contributed by atoms with Crippen LogP contribution in [-0.2, 0) is 7.05 Å². The Morgan fingerprint density at radius 3 is 3.17 bits per heavy atom. The Bertz CT molecular complexity index is 330. The van der Waals surface area contributed by atoms with Crippen molar-refractivity contribution in [1.29, 1.82) is 0 Å². The molecule has 4 heteroatoms. The third-order valence-electron chi connectivity index (χ3n) is 2.14. The molecule has 0 radical (unpaired) electrons. The van der Waals surface area contributed by atoms with E-state index in [0.717, 1.165) is 0 Å². The third-order valence-corrected chi connectivity index (χ3v) is 2.14. The van der Waals surface area contributed by atoms with Gasteiger partial charge in [0.05, 0.1) is 11.3 Å². The van der Waals surface area contributed by atoms with Crippen molar-refractivity contribution in [3.63, 3.8) is 0 Å². The molecule has 0 aromatic carbocycles. The first kappa shape index (κ1) is 7.36. The van der Waals surface area contributed by atoms with Crippen LogP contribution in [-0.4, -0.2) is 22.1 Å². The third kappa shape index (κ3) is 0.848. The summed E-state index contributed by atoms with van der Waals surface area (Å²) in [7, 11) is 1.82. The van der Waals surface area contributed by atoms with Gasteiger partial charge in [0.1, 0.15) is 6.10 Å². The average molecular weight is 166 g/mol. The van der Waals surface area contributed by atoms with Gasteiger partial charge in [0.15, 0.2) is 0 Å². The number of carbonyl (C=O) groups is 1. The number of aromatic nitrogens is 1. The number of hydrogen-bond donors (Lipinski definition) is 2. The second-order valence-corrected chi connectivity index (χ2v) is 2.95. The minimum Gasteiger partial charge on any atom is -0.385 e. The van der Waals surface area contributed by atoms with E-state index < -0.39 is 6.10 Å². The largest absolute Gasteiger partial charge is 0.385 e. The van der Waals surface area contributed by atoms with Crippen molar-refractivity contribution in [2.45, 2.75) is 6.10 Å². The highest BCUT2D eigenvalue weighted by Gasteiger charge is 2.25. The zero-order chi connectivity index (χ0) is 8.72. The second-order valence-electron chi connectivity index (χ2n) is 2.95. The van der Waals surface area contributed by atoms with Crippen molar-refractivity contribution >= 4 is 5.91 Å². The van der Waals surface area contributed by atoms with Crippen LogP contribution in [0.3, 0.4) is 0 Å². The maximum absolute atomic E-state index is 11.2. The van der Waals surface area contributed by atoms with Crippen molar-refractivity contribution in [3.05, 3.63) is 23.5 Å². The SMILES string of the molecule is Cn1ccc2c1C(O)CNC2=O. The fraction of sp³-hybridized carbons (Fsp3) is 0.375. The number of nitrogens with zero attached hydrogens (tertiary/aromatic N) is 1. The van der Waals surface area contributed by atoms with Gasteiger partial charge < -0.3 is 15.0 Å². The summed E-state index contributed by atoms with van der Waals surface area (Å²) in [5.41, 5.74) is 1.29. The van der Waals surface area contributed by atoms with Crippen LogP contribution < -0.4 is 5.32 Å². The average Bonchev–Trinajstić information content (AvgIpc) is 2.42. The van der Waals surface area contributed by atoms with E-state index in [1.54, 1.807) is 16.8 Å². The van der Waals surface area contributed by atoms with E-state index in [2.05, 4.69) is 5.32 Å². The predicted molar refractivity (Wildman–Crippen MR) is 42.7 cm³/mol. The first-order valence-corrected chi connectivity index (χ1v) is 3.81. The molecule has 1 unspecified atom stereocenters. The molecule has 4 nitrogen and oxygen atoms in total. The molecular formula is C8H10N2O2. The summed E-state index contributed by atoms with van der Waals surface area (Å²) in [6.45, 7) is 0.309. The van der Waals surface area contributed by atoms with E-state index >= 15 is 0 Å². The van der Waals surface area contributed by atoms with Crippen molar-refractivity contribution in [2.75, 3.05) is 6.54 Å². The molecule has 12 heavy (non-hydrogen) atoms. The van der Waals surface area contributed by atoms with Crippen molar-refractivity contribution in [3.8, 4) is 0 Å². The quantitative estimate of drug-likeness (QED) is 0.561. The van der Waals surface area contributed by atoms with Crippen LogP contribution in [0.15, 0.2) is 12.3 Å². The molecule has 0 fully saturated rings. The summed E-state index contributed by atoms with van der Waals surface area (Å²) < 4.78 is 1.78. The molecule has 0 spiro atoms. The molecule has 1 aliphatic heterocycles. The minimum absolute atomic E-state index is 0.101. The van der Waals surface area contributed by atoms with Crippen LogP contribution in [0.1, 0.15) is 22.2 Å². The van der Waals surface area contributed by atoms with E-state index in [0.29, 0.717) is 17.8 Å². The van der Waals surface area contributed by atoms with Gasteiger partial charge in [-0.3, -0.25) is 4.79 Å². The minimum atomic E-state index is -0.572. The first-order valence-electron chi connectivity index (χ1n) is 3.81. The van der Waals surface area contributed by atoms with Crippen LogP contribution in [0.2, 0.25) is 0 Å². The number of aliphatic hydroxyl groups is 1. The van der Waals surface area contributed by atoms with Gasteiger partial charge in [0, 0.05) is 19.8 Å². The van der Waals surface area contributed by atoms with Crippen LogP contribution in [0, 0.1) is 0 Å². The van der Waals surface area contributed by atoms with Crippen molar-refractivity contribution < 1.29 is 9.90 Å². The number of β-amino-alcohol motifs (C(OH)–C–C–N with tert-alkyl or cyclic N) is 1. The molecule has 0 saturated carbocycles. The number of aryl methyl sites for hydroxylation is 1. The lowest BCUT2D eigenvalue weighted by Gasteiger charge is -2.19. The fourth-order valence-electron chi connectivity index (χ4n) is 1.53. The summed E-state index contributed by atoms with van der Waals surface area (Å²) >= 11 is 0. The molecule has 0 bridgehead atoms. The van der Waals surface area contributed by atoms with E-state index in [-0.39, 0.29) is 5.91 Å². The molecule has 2 rings (SSSR count). The Labute approximate surface area is 69.8 Å². The zero-order valence-electron chi connectivity index (χ0n) is 6.74. The number of nitrogens with one attached hydrogen (secondary N) is 1. The highest BCUT2D eigenvalue weighted by molar-refractivity contribution is 5.96. The van der Waals surface area contributed by atoms with Crippen LogP contribution in [0.5, 0.6) is 0 Å². The van der Waals surface area contributed by atoms with Gasteiger partial charge in [0.2, 0.25) is 0 Å². The lowest BCUT2D eigenvalue weighted by Crippen LogP contribution is -2.35. The highest BCUT2D eigenvalue weighted by Crippen LogP contribution is 2.21. The molecule has 2 N–H and O–H groups in total. The Kier molecular flexibility index (Phi) is 1.44. The number of aliphatic hydroxyl groups excluding tert-OH is 1. The summed E-state index contributed by atoms with van der Waals surface area (Å²) in [5.74, 6) is -0.101. The molecule has 1 aliphatic rings. The molecule has 1 amide bonds. The van der Waals surface area contributed by atoms with Gasteiger partial charge in [-0.1, -0.05) is 0 Å². The molecule has 1 atom stereocenters. The van der Waals surface area contributed by atoms with E-state index in [1.807, 2.05) is 7.05 Å². The van der Waals surface area contributed by atoms with Gasteiger partial charge in [-0.15, -0.1) is 0 Å². The number of amides is 1. The van der Waals surface area contributed by atoms with Crippen molar-refractivity contribution in [2.24, 2.45) is 7.05 Å². The van der Waals surface area contributed by atoms with Gasteiger partial charge >= 0.3 is 0 Å². The van der Waals surface area contributed by atoms with Crippen LogP contribution >= 0.6 is 0 Å². The Hall–Kier alpha value is -1.29. The molecule has 0 aliphatic carbocycles. The normalized spacial score (nSPS) is 21.8. The standard InChI is InChI=1S/C8H10N2O2/c1-10-3-2-5-7(10)6(11)4-9-8(5)12/h2-3,6,11H,4H2,1H3,(H,9,12). The smallest absolute Gasteiger partial charge is 0.253 e. The molecule has 64 valence electrons. The molecule has 1 aromatic rings. The lowest BCUT2D eigenvalue weighted by atomic mass is 10.1. The summed E-state index contributed by atoms with van der Waals surface area (Å²) in [4.78, 5) is 11.2. The van der Waals surface area contributed by atoms with Gasteiger partial charge in [-0.05, 0) is 6.07 Å². The molecule has 1 aromatic heterocycles. The van der Waals surface area contributed by atoms with Gasteiger partial charge in [-0.25, -0.2) is 0 Å². The Morgan fingerprint density at radius 2 is 2.50 bits per heavy atom. The zero-order valence-corrected chi connectivity index (χ0v) is 6.74. The fourth-order valence-corrected chi connectivity index (χ4v) is 1.53. The van der Waals surface area contributed by atoms with Crippen LogP contribution in [0.4, 0.5) is 0 Å². The molecule has 0 saturated heterocycles. The monoisotopic (exact) mass is 166 g/mol. The number of fused-ring (bicyclic) bond motifs is 1. The molecule has 2 heterocycles. The second kappa shape index (κ2) is 2.35. The number of rotatable bonds is 0. The lowest BCUT2D eigenvalue weighted by molar-refractivity contribution is 0.0867. The summed E-state index contributed by atoms with van der Waals surface area (Å²) in [5, 5.41) is 12.1. The van der Waals surface area contributed by atoms with Gasteiger partial charge in [-0.2, -0.15) is 0 Å². The van der Waals surface area contributed by atoms with E-state index in [4.69, 9.17) is 0 Å². The van der Waals surface area contributed by atoms with E-state index in [1.165, 1.54) is 0 Å². The van der Waals surface area contributed by atoms with Crippen LogP contribution in [0.25, 0.3) is 0 Å². The summed E-state index contributed by atoms with van der Waals surface area (Å²) in [6, 6.07) is 1.72. The predicted octanol–water partition coefficient (Wildman–Crippen LogP) is -0.198. The molecular weight excluding hydrogens is 156 g/mol. The number of carbonyl (C=O) groups excluding carboxylic acids is 1. The Balaban J connectivity index is 2.57. The first-order chi connectivity index (χ1) is 5.70. The Morgan fingerprint density at radius 1 is 1.75 bits per heavy atom. The van der Waals surface area contributed by atoms with E-state index in [9.17, 15) is 9.90 Å². The van der Waals surface area contributed by atoms with Crippen molar-refractivity contribution in [1.82, 2.24) is 9.88 Å². The maximum Gasteiger partial charge on any atom is 0.253 e. The highest BCUT2D eigenvalue weighted by atomic mass is 16.3. The maximum atomic E-state index is 11.2. The number of hydrogen-bond acceptors (Lipinski definition) is 2.